The minimum Gasteiger partial charge on any atom is -0.508 e. The van der Waals surface area contributed by atoms with Gasteiger partial charge >= 0.3 is 0 Å². The van der Waals surface area contributed by atoms with Gasteiger partial charge in [0.1, 0.15) is 17.6 Å². The summed E-state index contributed by atoms with van der Waals surface area (Å²) < 4.78 is 11.7. The molecule has 1 amide bonds. The van der Waals surface area contributed by atoms with Gasteiger partial charge in [-0.05, 0) is 62.4 Å². The number of nitrogens with one attached hydrogen (secondary N) is 1. The van der Waals surface area contributed by atoms with Crippen LogP contribution in [0.1, 0.15) is 36.0 Å². The van der Waals surface area contributed by atoms with Crippen LogP contribution < -0.4 is 10.1 Å². The number of amides is 1. The molecule has 2 N–H and O–H groups in total. The fraction of sp³-hybridized carbons (Fsp3) is 0.458. The number of rotatable bonds is 3. The van der Waals surface area contributed by atoms with Crippen LogP contribution in [0.25, 0.3) is 6.08 Å². The summed E-state index contributed by atoms with van der Waals surface area (Å²) >= 11 is 0. The second-order valence-electron chi connectivity index (χ2n) is 9.12. The molecule has 2 aliphatic carbocycles. The number of likely N-dealkylation sites (N-methyl/N-ethyl adjacent to an activating group) is 1. The van der Waals surface area contributed by atoms with Gasteiger partial charge in [0.25, 0.3) is 0 Å². The fourth-order valence-corrected chi connectivity index (χ4v) is 6.66. The van der Waals surface area contributed by atoms with E-state index in [0.29, 0.717) is 17.7 Å². The second kappa shape index (κ2) is 6.38. The van der Waals surface area contributed by atoms with Crippen molar-refractivity contribution < 1.29 is 19.1 Å². The smallest absolute Gasteiger partial charge is 0.246 e. The average Bonchev–Trinajstić information content (AvgIpc) is 3.37. The largest absolute Gasteiger partial charge is 0.508 e. The molecule has 0 radical (unpaired) electrons. The van der Waals surface area contributed by atoms with Crippen molar-refractivity contribution in [2.75, 3.05) is 13.6 Å². The molecule has 1 aromatic heterocycles. The number of carbonyl (C=O) groups excluding carboxylic acids is 1. The Morgan fingerprint density at radius 1 is 1.33 bits per heavy atom. The first-order valence-corrected chi connectivity index (χ1v) is 10.8. The minimum absolute atomic E-state index is 0.00185. The first-order valence-electron chi connectivity index (χ1n) is 10.8. The summed E-state index contributed by atoms with van der Waals surface area (Å²) in [5.41, 5.74) is 3.01. The topological polar surface area (TPSA) is 74.9 Å². The van der Waals surface area contributed by atoms with Crippen LogP contribution in [0.4, 0.5) is 0 Å². The highest BCUT2D eigenvalue weighted by atomic mass is 16.5. The van der Waals surface area contributed by atoms with Crippen molar-refractivity contribution in [3.05, 3.63) is 53.5 Å². The van der Waals surface area contributed by atoms with Crippen molar-refractivity contribution in [3.63, 3.8) is 0 Å². The molecule has 2 bridgehead atoms. The number of phenols is 1. The maximum absolute atomic E-state index is 13.0. The van der Waals surface area contributed by atoms with Gasteiger partial charge in [0.05, 0.1) is 18.6 Å². The van der Waals surface area contributed by atoms with Gasteiger partial charge in [-0.3, -0.25) is 4.79 Å². The molecule has 1 aromatic carbocycles. The third kappa shape index (κ3) is 2.31. The molecule has 2 aliphatic heterocycles. The van der Waals surface area contributed by atoms with Gasteiger partial charge in [0, 0.05) is 41.3 Å². The Labute approximate surface area is 175 Å². The SMILES string of the molecule is CN(C(=O)/C=C/c1ccoc1)[C@@H]1CC[C@H]2[C@H]3Cc4c(O)ccc5c4[C@@]2(CCN3)[C@H]1O5. The summed E-state index contributed by atoms with van der Waals surface area (Å²) in [7, 11) is 1.88. The van der Waals surface area contributed by atoms with Gasteiger partial charge in [0.15, 0.2) is 0 Å². The summed E-state index contributed by atoms with van der Waals surface area (Å²) in [4.78, 5) is 14.8. The van der Waals surface area contributed by atoms with E-state index in [2.05, 4.69) is 5.32 Å². The number of phenolic OH excluding ortho intramolecular Hbond substituents is 1. The molecule has 6 nitrogen and oxygen atoms in total. The lowest BCUT2D eigenvalue weighted by molar-refractivity contribution is -0.132. The highest BCUT2D eigenvalue weighted by molar-refractivity contribution is 5.91. The monoisotopic (exact) mass is 406 g/mol. The molecular weight excluding hydrogens is 380 g/mol. The Morgan fingerprint density at radius 2 is 2.23 bits per heavy atom. The van der Waals surface area contributed by atoms with Gasteiger partial charge in [-0.25, -0.2) is 0 Å². The number of piperidine rings is 1. The van der Waals surface area contributed by atoms with E-state index in [4.69, 9.17) is 9.15 Å². The molecule has 1 spiro atoms. The van der Waals surface area contributed by atoms with Crippen molar-refractivity contribution in [1.82, 2.24) is 10.2 Å². The highest BCUT2D eigenvalue weighted by Crippen LogP contribution is 2.62. The predicted molar refractivity (Wildman–Crippen MR) is 111 cm³/mol. The molecule has 1 saturated carbocycles. The molecule has 3 heterocycles. The lowest BCUT2D eigenvalue weighted by atomic mass is 9.51. The normalized spacial score (nSPS) is 33.2. The van der Waals surface area contributed by atoms with E-state index in [1.54, 1.807) is 30.7 Å². The molecule has 156 valence electrons. The molecule has 0 unspecified atom stereocenters. The number of carbonyl (C=O) groups is 1. The number of furan rings is 1. The zero-order valence-corrected chi connectivity index (χ0v) is 17.0. The Bertz CT molecular complexity index is 1030. The van der Waals surface area contributed by atoms with Crippen LogP contribution in [0, 0.1) is 5.92 Å². The summed E-state index contributed by atoms with van der Waals surface area (Å²) in [5, 5.41) is 14.3. The second-order valence-corrected chi connectivity index (χ2v) is 9.12. The first kappa shape index (κ1) is 18.1. The van der Waals surface area contributed by atoms with Crippen LogP contribution in [-0.4, -0.2) is 47.7 Å². The lowest BCUT2D eigenvalue weighted by Gasteiger charge is -2.57. The lowest BCUT2D eigenvalue weighted by Crippen LogP contribution is -2.68. The Hall–Kier alpha value is -2.73. The fourth-order valence-electron chi connectivity index (χ4n) is 6.66. The van der Waals surface area contributed by atoms with Crippen molar-refractivity contribution in [1.29, 1.82) is 0 Å². The quantitative estimate of drug-likeness (QED) is 0.767. The van der Waals surface area contributed by atoms with E-state index in [9.17, 15) is 9.90 Å². The zero-order valence-electron chi connectivity index (χ0n) is 17.0. The van der Waals surface area contributed by atoms with Crippen molar-refractivity contribution in [2.45, 2.75) is 49.3 Å². The molecule has 4 aliphatic rings. The van der Waals surface area contributed by atoms with E-state index < -0.39 is 0 Å². The van der Waals surface area contributed by atoms with Crippen LogP contribution >= 0.6 is 0 Å². The molecular formula is C24H26N2O4. The third-order valence-corrected chi connectivity index (χ3v) is 7.92. The average molecular weight is 406 g/mol. The van der Waals surface area contributed by atoms with Gasteiger partial charge in [0.2, 0.25) is 5.91 Å². The summed E-state index contributed by atoms with van der Waals surface area (Å²) in [6.07, 6.45) is 10.3. The number of hydrogen-bond donors (Lipinski definition) is 2. The van der Waals surface area contributed by atoms with Crippen LogP contribution in [0.2, 0.25) is 0 Å². The standard InChI is InChI=1S/C24H26N2O4/c1-26(21(28)7-2-14-8-11-29-13-14)18-4-3-16-17-12-15-19(27)5-6-20-22(15)24(16,9-10-25-17)23(18)30-20/h2,5-8,11,13,16-18,23,25,27H,3-4,9-10,12H2,1H3/b7-2+/t16-,17+,18+,23-,24-/m0/s1. The van der Waals surface area contributed by atoms with Crippen molar-refractivity contribution >= 4 is 12.0 Å². The number of ether oxygens (including phenoxy) is 1. The third-order valence-electron chi connectivity index (χ3n) is 7.92. The van der Waals surface area contributed by atoms with E-state index in [1.165, 1.54) is 5.56 Å². The van der Waals surface area contributed by atoms with Crippen molar-refractivity contribution in [2.24, 2.45) is 5.92 Å². The van der Waals surface area contributed by atoms with E-state index in [1.807, 2.05) is 24.1 Å². The minimum atomic E-state index is -0.122. The molecule has 6 rings (SSSR count). The van der Waals surface area contributed by atoms with Gasteiger partial charge in [-0.15, -0.1) is 0 Å². The van der Waals surface area contributed by atoms with E-state index >= 15 is 0 Å². The van der Waals surface area contributed by atoms with Crippen LogP contribution in [-0.2, 0) is 16.6 Å². The van der Waals surface area contributed by atoms with Crippen LogP contribution in [0.5, 0.6) is 11.5 Å². The molecule has 2 aromatic rings. The zero-order chi connectivity index (χ0) is 20.5. The first-order chi connectivity index (χ1) is 14.6. The highest BCUT2D eigenvalue weighted by Gasteiger charge is 2.65. The van der Waals surface area contributed by atoms with Gasteiger partial charge in [-0.1, -0.05) is 0 Å². The maximum atomic E-state index is 13.0. The molecule has 1 saturated heterocycles. The Kier molecular flexibility index (Phi) is 3.84. The molecule has 5 atom stereocenters. The molecule has 2 fully saturated rings. The number of aromatic hydroxyl groups is 1. The van der Waals surface area contributed by atoms with E-state index in [0.717, 1.165) is 49.1 Å². The molecule has 30 heavy (non-hydrogen) atoms. The Balaban J connectivity index is 1.37. The van der Waals surface area contributed by atoms with Crippen LogP contribution in [0.3, 0.4) is 0 Å². The number of nitrogens with zero attached hydrogens (tertiary/aromatic N) is 1. The summed E-state index contributed by atoms with van der Waals surface area (Å²) in [5.74, 6) is 1.73. The van der Waals surface area contributed by atoms with E-state index in [-0.39, 0.29) is 23.5 Å². The van der Waals surface area contributed by atoms with Gasteiger partial charge < -0.3 is 24.5 Å². The summed E-state index contributed by atoms with van der Waals surface area (Å²) in [6.45, 7) is 0.945. The summed E-state index contributed by atoms with van der Waals surface area (Å²) in [6, 6.07) is 5.87. The number of hydrogen-bond acceptors (Lipinski definition) is 5. The van der Waals surface area contributed by atoms with Crippen molar-refractivity contribution in [3.8, 4) is 11.5 Å². The Morgan fingerprint density at radius 3 is 3.07 bits per heavy atom. The van der Waals surface area contributed by atoms with Gasteiger partial charge in [-0.2, -0.15) is 0 Å². The van der Waals surface area contributed by atoms with Crippen LogP contribution in [0.15, 0.2) is 41.2 Å². The molecule has 6 heteroatoms. The maximum Gasteiger partial charge on any atom is 0.246 e. The number of benzene rings is 1. The predicted octanol–water partition coefficient (Wildman–Crippen LogP) is 2.85.